The molecule has 2 N–H and O–H groups in total. The van der Waals surface area contributed by atoms with Crippen LogP contribution in [0.1, 0.15) is 11.1 Å². The van der Waals surface area contributed by atoms with Gasteiger partial charge < -0.3 is 5.32 Å². The molecule has 0 fully saturated rings. The maximum absolute atomic E-state index is 13.0. The molecule has 0 saturated heterocycles. The van der Waals surface area contributed by atoms with Gasteiger partial charge in [-0.2, -0.15) is 13.2 Å². The fraction of sp³-hybridized carbons (Fsp3) is 0.100. The molecule has 6 nitrogen and oxygen atoms in total. The number of thioether (sulfide) groups is 1. The summed E-state index contributed by atoms with van der Waals surface area (Å²) >= 11 is 2.06. The van der Waals surface area contributed by atoms with Crippen LogP contribution in [0.5, 0.6) is 0 Å². The minimum atomic E-state index is -4.57. The molecule has 3 rings (SSSR count). The predicted molar refractivity (Wildman–Crippen MR) is 115 cm³/mol. The van der Waals surface area contributed by atoms with Gasteiger partial charge in [-0.05, 0) is 23.8 Å². The van der Waals surface area contributed by atoms with Gasteiger partial charge in [-0.15, -0.1) is 10.2 Å². The van der Waals surface area contributed by atoms with Crippen molar-refractivity contribution in [3.05, 3.63) is 71.8 Å². The molecule has 0 unspecified atom stereocenters. The number of para-hydroxylation sites is 1. The van der Waals surface area contributed by atoms with Crippen molar-refractivity contribution in [3.63, 3.8) is 0 Å². The smallest absolute Gasteiger partial charge is 0.325 e. The summed E-state index contributed by atoms with van der Waals surface area (Å²) in [5.41, 5.74) is -0.363. The van der Waals surface area contributed by atoms with Crippen LogP contribution in [0, 0.1) is 0 Å². The van der Waals surface area contributed by atoms with Crippen molar-refractivity contribution >= 4 is 51.8 Å². The second-order valence-corrected chi connectivity index (χ2v) is 8.19. The van der Waals surface area contributed by atoms with Gasteiger partial charge in [-0.3, -0.25) is 14.9 Å². The molecule has 0 saturated carbocycles. The van der Waals surface area contributed by atoms with Crippen LogP contribution < -0.4 is 10.6 Å². The van der Waals surface area contributed by atoms with Crippen molar-refractivity contribution < 1.29 is 22.8 Å². The molecule has 3 aromatic rings. The number of hydrogen-bond acceptors (Lipinski definition) is 6. The number of alkyl halides is 3. The monoisotopic (exact) mass is 464 g/mol. The lowest BCUT2D eigenvalue weighted by Crippen LogP contribution is -2.18. The molecule has 11 heteroatoms. The zero-order valence-electron chi connectivity index (χ0n) is 15.7. The van der Waals surface area contributed by atoms with Gasteiger partial charge in [-0.1, -0.05) is 65.6 Å². The lowest BCUT2D eigenvalue weighted by Gasteiger charge is -2.13. The molecule has 0 aliphatic rings. The molecule has 0 spiro atoms. The van der Waals surface area contributed by atoms with Gasteiger partial charge in [0.2, 0.25) is 16.9 Å². The second-order valence-electron chi connectivity index (χ2n) is 5.99. The maximum Gasteiger partial charge on any atom is 0.418 e. The van der Waals surface area contributed by atoms with Crippen LogP contribution in [0.25, 0.3) is 6.08 Å². The van der Waals surface area contributed by atoms with Gasteiger partial charge in [-0.25, -0.2) is 0 Å². The van der Waals surface area contributed by atoms with Gasteiger partial charge in [0.1, 0.15) is 0 Å². The van der Waals surface area contributed by atoms with Crippen LogP contribution in [0.2, 0.25) is 0 Å². The molecule has 0 aliphatic carbocycles. The Labute approximate surface area is 183 Å². The van der Waals surface area contributed by atoms with Crippen LogP contribution in [-0.4, -0.2) is 27.8 Å². The minimum absolute atomic E-state index is 0.164. The van der Waals surface area contributed by atoms with E-state index in [0.29, 0.717) is 4.34 Å². The van der Waals surface area contributed by atoms with E-state index in [0.717, 1.165) is 34.7 Å². The molecule has 1 aromatic heterocycles. The SMILES string of the molecule is O=C(/C=C/c1ccccc1)Nc1nnc(SCC(=O)Nc2ccccc2C(F)(F)F)s1. The zero-order valence-corrected chi connectivity index (χ0v) is 17.4. The number of anilines is 2. The first-order valence-electron chi connectivity index (χ1n) is 8.78. The molecule has 2 aromatic carbocycles. The Morgan fingerprint density at radius 1 is 1.00 bits per heavy atom. The molecule has 160 valence electrons. The minimum Gasteiger partial charge on any atom is -0.325 e. The summed E-state index contributed by atoms with van der Waals surface area (Å²) in [6.45, 7) is 0. The average molecular weight is 464 g/mol. The van der Waals surface area contributed by atoms with Gasteiger partial charge in [0.15, 0.2) is 4.34 Å². The van der Waals surface area contributed by atoms with E-state index >= 15 is 0 Å². The second kappa shape index (κ2) is 10.2. The van der Waals surface area contributed by atoms with Crippen LogP contribution in [0.3, 0.4) is 0 Å². The number of carbonyl (C=O) groups excluding carboxylic acids is 2. The Bertz CT molecular complexity index is 1090. The molecule has 2 amide bonds. The summed E-state index contributed by atoms with van der Waals surface area (Å²) in [6, 6.07) is 14.0. The molecule has 1 heterocycles. The Hall–Kier alpha value is -3.18. The first kappa shape index (κ1) is 22.5. The number of carbonyl (C=O) groups is 2. The highest BCUT2D eigenvalue weighted by atomic mass is 32.2. The lowest BCUT2D eigenvalue weighted by atomic mass is 10.1. The lowest BCUT2D eigenvalue weighted by molar-refractivity contribution is -0.137. The predicted octanol–water partition coefficient (Wildman–Crippen LogP) is 4.94. The summed E-state index contributed by atoms with van der Waals surface area (Å²) < 4.78 is 39.4. The number of hydrogen-bond donors (Lipinski definition) is 2. The third-order valence-electron chi connectivity index (χ3n) is 3.70. The van der Waals surface area contributed by atoms with E-state index in [1.807, 2.05) is 30.3 Å². The van der Waals surface area contributed by atoms with Gasteiger partial charge in [0.05, 0.1) is 17.0 Å². The van der Waals surface area contributed by atoms with Crippen LogP contribution in [0.4, 0.5) is 24.0 Å². The van der Waals surface area contributed by atoms with Crippen molar-refractivity contribution in [1.29, 1.82) is 0 Å². The van der Waals surface area contributed by atoms with E-state index in [4.69, 9.17) is 0 Å². The third-order valence-corrected chi connectivity index (χ3v) is 5.67. The number of rotatable bonds is 7. The number of nitrogens with one attached hydrogen (secondary N) is 2. The normalized spacial score (nSPS) is 11.5. The van der Waals surface area contributed by atoms with Crippen LogP contribution in [0.15, 0.2) is 65.0 Å². The first-order chi connectivity index (χ1) is 14.8. The summed E-state index contributed by atoms with van der Waals surface area (Å²) in [5, 5.41) is 12.7. The van der Waals surface area contributed by atoms with Crippen molar-refractivity contribution in [1.82, 2.24) is 10.2 Å². The third kappa shape index (κ3) is 6.93. The van der Waals surface area contributed by atoms with Gasteiger partial charge in [0, 0.05) is 6.08 Å². The standard InChI is InChI=1S/C20H15F3N4O2S2/c21-20(22,23)14-8-4-5-9-15(14)24-17(29)12-30-19-27-26-18(31-19)25-16(28)11-10-13-6-2-1-3-7-13/h1-11H,12H2,(H,24,29)(H,25,26,28)/b11-10+. The summed E-state index contributed by atoms with van der Waals surface area (Å²) in [4.78, 5) is 24.0. The fourth-order valence-corrected chi connectivity index (χ4v) is 3.91. The molecule has 31 heavy (non-hydrogen) atoms. The van der Waals surface area contributed by atoms with E-state index in [9.17, 15) is 22.8 Å². The van der Waals surface area contributed by atoms with Crippen LogP contribution >= 0.6 is 23.1 Å². The highest BCUT2D eigenvalue weighted by Gasteiger charge is 2.33. The maximum atomic E-state index is 13.0. The number of halogens is 3. The van der Waals surface area contributed by atoms with Crippen molar-refractivity contribution in [2.45, 2.75) is 10.5 Å². The van der Waals surface area contributed by atoms with Crippen LogP contribution in [-0.2, 0) is 15.8 Å². The van der Waals surface area contributed by atoms with E-state index in [1.54, 1.807) is 6.08 Å². The Morgan fingerprint density at radius 2 is 1.71 bits per heavy atom. The molecular weight excluding hydrogens is 449 g/mol. The quantitative estimate of drug-likeness (QED) is 0.294. The number of benzene rings is 2. The average Bonchev–Trinajstić information content (AvgIpc) is 3.18. The van der Waals surface area contributed by atoms with E-state index < -0.39 is 23.6 Å². The van der Waals surface area contributed by atoms with E-state index in [2.05, 4.69) is 20.8 Å². The largest absolute Gasteiger partial charge is 0.418 e. The highest BCUT2D eigenvalue weighted by Crippen LogP contribution is 2.34. The zero-order chi connectivity index (χ0) is 22.3. The van der Waals surface area contributed by atoms with E-state index in [1.165, 1.54) is 24.3 Å². The van der Waals surface area contributed by atoms with Crippen molar-refractivity contribution in [2.24, 2.45) is 0 Å². The summed E-state index contributed by atoms with van der Waals surface area (Å²) in [5.74, 6) is -1.17. The van der Waals surface area contributed by atoms with Crippen molar-refractivity contribution in [3.8, 4) is 0 Å². The Balaban J connectivity index is 1.51. The van der Waals surface area contributed by atoms with Crippen molar-refractivity contribution in [2.75, 3.05) is 16.4 Å². The molecular formula is C20H15F3N4O2S2. The van der Waals surface area contributed by atoms with E-state index in [-0.39, 0.29) is 16.6 Å². The fourth-order valence-electron chi connectivity index (χ4n) is 2.35. The Kier molecular flexibility index (Phi) is 7.42. The molecule has 0 bridgehead atoms. The summed E-state index contributed by atoms with van der Waals surface area (Å²) in [7, 11) is 0. The Morgan fingerprint density at radius 3 is 2.45 bits per heavy atom. The number of amides is 2. The first-order valence-corrected chi connectivity index (χ1v) is 10.6. The molecule has 0 atom stereocenters. The van der Waals surface area contributed by atoms with Gasteiger partial charge in [0.25, 0.3) is 0 Å². The number of nitrogens with zero attached hydrogens (tertiary/aromatic N) is 2. The van der Waals surface area contributed by atoms with Gasteiger partial charge >= 0.3 is 6.18 Å². The highest BCUT2D eigenvalue weighted by molar-refractivity contribution is 8.01. The topological polar surface area (TPSA) is 84.0 Å². The molecule has 0 aliphatic heterocycles. The summed E-state index contributed by atoms with van der Waals surface area (Å²) in [6.07, 6.45) is -1.57. The molecule has 0 radical (unpaired) electrons. The number of aromatic nitrogens is 2.